The van der Waals surface area contributed by atoms with E-state index >= 15 is 0 Å². The summed E-state index contributed by atoms with van der Waals surface area (Å²) in [5.41, 5.74) is -3.35. The highest BCUT2D eigenvalue weighted by Gasteiger charge is 2.56. The van der Waals surface area contributed by atoms with Crippen LogP contribution in [0.15, 0.2) is 42.5 Å². The molecule has 11 heteroatoms. The first-order valence-corrected chi connectivity index (χ1v) is 11.3. The van der Waals surface area contributed by atoms with E-state index < -0.39 is 41.3 Å². The third kappa shape index (κ3) is 5.08. The molecule has 1 N–H and O–H groups in total. The minimum atomic E-state index is -4.96. The molecule has 2 fully saturated rings. The summed E-state index contributed by atoms with van der Waals surface area (Å²) in [6, 6.07) is 6.71. The maximum absolute atomic E-state index is 13.5. The number of amides is 1. The van der Waals surface area contributed by atoms with E-state index in [1.165, 1.54) is 12.1 Å². The van der Waals surface area contributed by atoms with E-state index in [-0.39, 0.29) is 55.2 Å². The summed E-state index contributed by atoms with van der Waals surface area (Å²) in [5, 5.41) is 9.75. The summed E-state index contributed by atoms with van der Waals surface area (Å²) < 4.78 is 98.0. The van der Waals surface area contributed by atoms with Gasteiger partial charge in [0.1, 0.15) is 5.82 Å². The molecule has 2 saturated heterocycles. The summed E-state index contributed by atoms with van der Waals surface area (Å²) in [6.45, 7) is 1.01. The van der Waals surface area contributed by atoms with Gasteiger partial charge in [-0.05, 0) is 54.8 Å². The number of aliphatic hydroxyl groups is 1. The molecule has 2 aromatic rings. The van der Waals surface area contributed by atoms with Crippen LogP contribution in [0.25, 0.3) is 0 Å². The van der Waals surface area contributed by atoms with Gasteiger partial charge in [-0.1, -0.05) is 12.1 Å². The van der Waals surface area contributed by atoms with Crippen LogP contribution < -0.4 is 0 Å². The molecule has 2 aromatic carbocycles. The van der Waals surface area contributed by atoms with E-state index in [1.807, 2.05) is 0 Å². The summed E-state index contributed by atoms with van der Waals surface area (Å²) in [4.78, 5) is 14.6. The highest BCUT2D eigenvalue weighted by Crippen LogP contribution is 2.49. The Morgan fingerprint density at radius 3 is 2.14 bits per heavy atom. The molecule has 4 rings (SSSR count). The Bertz CT molecular complexity index is 1080. The number of aliphatic hydroxyl groups excluding tert-OH is 1. The Labute approximate surface area is 202 Å². The number of nitrogens with zero attached hydrogens (tertiary/aromatic N) is 1. The first kappa shape index (κ1) is 26.4. The van der Waals surface area contributed by atoms with Gasteiger partial charge in [-0.3, -0.25) is 4.79 Å². The van der Waals surface area contributed by atoms with Crippen molar-refractivity contribution < 1.29 is 45.4 Å². The van der Waals surface area contributed by atoms with Gasteiger partial charge in [-0.2, -0.15) is 26.3 Å². The molecule has 0 spiro atoms. The van der Waals surface area contributed by atoms with E-state index in [1.54, 1.807) is 24.0 Å². The van der Waals surface area contributed by atoms with Gasteiger partial charge in [0, 0.05) is 24.4 Å². The fourth-order valence-electron chi connectivity index (χ4n) is 5.27. The van der Waals surface area contributed by atoms with E-state index in [2.05, 4.69) is 0 Å². The monoisotopic (exact) mass is 519 g/mol. The number of rotatable bonds is 6. The van der Waals surface area contributed by atoms with Crippen molar-refractivity contribution in [3.8, 4) is 0 Å². The third-order valence-corrected chi connectivity index (χ3v) is 7.04. The third-order valence-electron chi connectivity index (χ3n) is 7.04. The zero-order valence-corrected chi connectivity index (χ0v) is 19.2. The maximum Gasteiger partial charge on any atom is 0.416 e. The van der Waals surface area contributed by atoms with E-state index in [4.69, 9.17) is 4.74 Å². The van der Waals surface area contributed by atoms with Crippen LogP contribution in [0.3, 0.4) is 0 Å². The second-order valence-corrected chi connectivity index (χ2v) is 9.71. The number of benzene rings is 2. The molecule has 196 valence electrons. The maximum atomic E-state index is 13.5. The number of ether oxygens (including phenoxy) is 1. The van der Waals surface area contributed by atoms with Gasteiger partial charge in [0.05, 0.1) is 36.4 Å². The number of hydrogen-bond acceptors (Lipinski definition) is 3. The van der Waals surface area contributed by atoms with Crippen molar-refractivity contribution >= 4 is 5.91 Å². The van der Waals surface area contributed by atoms with Gasteiger partial charge in [0.25, 0.3) is 0 Å². The van der Waals surface area contributed by atoms with Crippen molar-refractivity contribution in [3.63, 3.8) is 0 Å². The molecule has 0 aromatic heterocycles. The minimum Gasteiger partial charge on any atom is -0.395 e. The summed E-state index contributed by atoms with van der Waals surface area (Å²) >= 11 is 0. The summed E-state index contributed by atoms with van der Waals surface area (Å²) in [7, 11) is 0. The molecule has 1 amide bonds. The Kier molecular flexibility index (Phi) is 6.85. The average Bonchev–Trinajstić information content (AvgIpc) is 3.26. The second kappa shape index (κ2) is 9.33. The van der Waals surface area contributed by atoms with Crippen molar-refractivity contribution in [1.29, 1.82) is 0 Å². The molecule has 0 bridgehead atoms. The molecule has 36 heavy (non-hydrogen) atoms. The van der Waals surface area contributed by atoms with Crippen LogP contribution in [-0.2, 0) is 28.5 Å². The standard InChI is InChI=1S/C25H24F7NO3/c1-23(13-34)9-20-21(15-2-4-19(26)5-3-15)16(10-33(20)22(23)35)12-36-11-14-6-17(24(27,28)29)8-18(7-14)25(30,31)32/h2-8,16,20-21,34H,9-13H2,1H3. The van der Waals surface area contributed by atoms with Gasteiger partial charge < -0.3 is 14.7 Å². The zero-order valence-electron chi connectivity index (χ0n) is 19.2. The Morgan fingerprint density at radius 2 is 1.61 bits per heavy atom. The van der Waals surface area contributed by atoms with Crippen LogP contribution in [-0.4, -0.2) is 41.7 Å². The normalized spacial score (nSPS) is 26.5. The number of carbonyl (C=O) groups is 1. The van der Waals surface area contributed by atoms with Crippen LogP contribution in [0.5, 0.6) is 0 Å². The number of halogens is 7. The second-order valence-electron chi connectivity index (χ2n) is 9.71. The van der Waals surface area contributed by atoms with Crippen molar-refractivity contribution in [1.82, 2.24) is 4.90 Å². The molecule has 2 aliphatic heterocycles. The largest absolute Gasteiger partial charge is 0.416 e. The van der Waals surface area contributed by atoms with Crippen molar-refractivity contribution in [2.75, 3.05) is 19.8 Å². The van der Waals surface area contributed by atoms with Crippen LogP contribution >= 0.6 is 0 Å². The molecule has 0 aliphatic carbocycles. The lowest BCUT2D eigenvalue weighted by Crippen LogP contribution is -2.36. The first-order valence-electron chi connectivity index (χ1n) is 11.3. The van der Waals surface area contributed by atoms with Crippen molar-refractivity contribution in [2.24, 2.45) is 11.3 Å². The lowest BCUT2D eigenvalue weighted by Gasteiger charge is -2.26. The molecule has 2 heterocycles. The Morgan fingerprint density at radius 1 is 1.03 bits per heavy atom. The number of carbonyl (C=O) groups excluding carboxylic acids is 1. The highest BCUT2D eigenvalue weighted by molar-refractivity contribution is 5.86. The highest BCUT2D eigenvalue weighted by atomic mass is 19.4. The summed E-state index contributed by atoms with van der Waals surface area (Å²) in [5.74, 6) is -1.33. The lowest BCUT2D eigenvalue weighted by atomic mass is 9.78. The van der Waals surface area contributed by atoms with Crippen molar-refractivity contribution in [3.05, 3.63) is 70.5 Å². The van der Waals surface area contributed by atoms with E-state index in [0.717, 1.165) is 5.56 Å². The molecular formula is C25H24F7NO3. The summed E-state index contributed by atoms with van der Waals surface area (Å²) in [6.07, 6.45) is -9.57. The predicted molar refractivity (Wildman–Crippen MR) is 114 cm³/mol. The molecular weight excluding hydrogens is 495 g/mol. The Hall–Kier alpha value is -2.66. The van der Waals surface area contributed by atoms with Gasteiger partial charge in [0.15, 0.2) is 0 Å². The number of fused-ring (bicyclic) bond motifs is 1. The topological polar surface area (TPSA) is 49.8 Å². The Balaban J connectivity index is 1.55. The van der Waals surface area contributed by atoms with Crippen LogP contribution in [0.1, 0.15) is 41.5 Å². The van der Waals surface area contributed by atoms with Gasteiger partial charge in [-0.15, -0.1) is 0 Å². The SMILES string of the molecule is CC1(CO)CC2C(c3ccc(F)cc3)C(COCc3cc(C(F)(F)F)cc(C(F)(F)F)c3)CN2C1=O. The smallest absolute Gasteiger partial charge is 0.395 e. The van der Waals surface area contributed by atoms with Crippen molar-refractivity contribution in [2.45, 2.75) is 44.3 Å². The molecule has 0 radical (unpaired) electrons. The minimum absolute atomic E-state index is 0.0459. The molecule has 4 atom stereocenters. The average molecular weight is 519 g/mol. The van der Waals surface area contributed by atoms with Gasteiger partial charge in [-0.25, -0.2) is 4.39 Å². The molecule has 4 unspecified atom stereocenters. The van der Waals surface area contributed by atoms with Crippen LogP contribution in [0, 0.1) is 17.2 Å². The van der Waals surface area contributed by atoms with Crippen LogP contribution in [0.2, 0.25) is 0 Å². The molecule has 0 saturated carbocycles. The van der Waals surface area contributed by atoms with E-state index in [9.17, 15) is 40.6 Å². The fourth-order valence-corrected chi connectivity index (χ4v) is 5.27. The molecule has 4 nitrogen and oxygen atoms in total. The lowest BCUT2D eigenvalue weighted by molar-refractivity contribution is -0.143. The zero-order chi connectivity index (χ0) is 26.5. The molecule has 2 aliphatic rings. The predicted octanol–water partition coefficient (Wildman–Crippen LogP) is 5.39. The fraction of sp³-hybridized carbons (Fsp3) is 0.480. The van der Waals surface area contributed by atoms with Crippen LogP contribution in [0.4, 0.5) is 30.7 Å². The van der Waals surface area contributed by atoms with Gasteiger partial charge >= 0.3 is 12.4 Å². The quantitative estimate of drug-likeness (QED) is 0.521. The van der Waals surface area contributed by atoms with E-state index in [0.29, 0.717) is 18.6 Å². The first-order chi connectivity index (χ1) is 16.7. The number of alkyl halides is 6. The number of hydrogen-bond donors (Lipinski definition) is 1. The van der Waals surface area contributed by atoms with Gasteiger partial charge in [0.2, 0.25) is 5.91 Å².